The van der Waals surface area contributed by atoms with E-state index < -0.39 is 0 Å². The van der Waals surface area contributed by atoms with E-state index >= 15 is 0 Å². The minimum Gasteiger partial charge on any atom is -0.309 e. The van der Waals surface area contributed by atoms with Gasteiger partial charge in [-0.2, -0.15) is 0 Å². The quantitative estimate of drug-likeness (QED) is 0.733. The molecule has 1 aliphatic rings. The van der Waals surface area contributed by atoms with Crippen molar-refractivity contribution in [3.05, 3.63) is 41.2 Å². The van der Waals surface area contributed by atoms with Crippen molar-refractivity contribution < 1.29 is 0 Å². The van der Waals surface area contributed by atoms with E-state index in [-0.39, 0.29) is 5.41 Å². The van der Waals surface area contributed by atoms with Crippen molar-refractivity contribution in [2.45, 2.75) is 57.1 Å². The molecule has 0 amide bonds. The van der Waals surface area contributed by atoms with E-state index in [4.69, 9.17) is 0 Å². The van der Waals surface area contributed by atoms with Crippen molar-refractivity contribution in [3.63, 3.8) is 0 Å². The summed E-state index contributed by atoms with van der Waals surface area (Å²) in [5, 5.41) is 9.64. The first-order valence-corrected chi connectivity index (χ1v) is 10.8. The molecule has 1 aliphatic heterocycles. The van der Waals surface area contributed by atoms with Gasteiger partial charge in [0.2, 0.25) is 0 Å². The van der Waals surface area contributed by atoms with Gasteiger partial charge >= 0.3 is 0 Å². The molecule has 0 bridgehead atoms. The van der Waals surface area contributed by atoms with Crippen LogP contribution >= 0.6 is 11.8 Å². The first-order valence-electron chi connectivity index (χ1n) is 9.61. The fraction of sp³-hybridized carbons (Fsp3) is 0.619. The SMILES string of the molecule is CSc1nnc(CC2CCN(Cc3ccc(C(C)(C)C)cc3)CC2)n1C. The molecule has 1 fully saturated rings. The third kappa shape index (κ3) is 4.68. The van der Waals surface area contributed by atoms with E-state index in [0.717, 1.165) is 29.9 Å². The molecule has 0 N–H and O–H groups in total. The smallest absolute Gasteiger partial charge is 0.190 e. The Balaban J connectivity index is 1.50. The van der Waals surface area contributed by atoms with E-state index in [9.17, 15) is 0 Å². The van der Waals surface area contributed by atoms with Gasteiger partial charge in [0.1, 0.15) is 5.82 Å². The van der Waals surface area contributed by atoms with Gasteiger partial charge in [0.05, 0.1) is 0 Å². The summed E-state index contributed by atoms with van der Waals surface area (Å²) in [6.07, 6.45) is 5.61. The first kappa shape index (κ1) is 19.4. The highest BCUT2D eigenvalue weighted by Crippen LogP contribution is 2.25. The molecule has 0 saturated carbocycles. The number of benzene rings is 1. The molecule has 1 aromatic carbocycles. The maximum absolute atomic E-state index is 4.37. The Hall–Kier alpha value is -1.33. The predicted molar refractivity (Wildman–Crippen MR) is 110 cm³/mol. The van der Waals surface area contributed by atoms with Gasteiger partial charge in [-0.05, 0) is 54.6 Å². The molecule has 1 saturated heterocycles. The van der Waals surface area contributed by atoms with Crippen LogP contribution in [-0.2, 0) is 25.4 Å². The summed E-state index contributed by atoms with van der Waals surface area (Å²) in [5.74, 6) is 1.86. The zero-order valence-corrected chi connectivity index (χ0v) is 17.6. The summed E-state index contributed by atoms with van der Waals surface area (Å²) in [7, 11) is 2.08. The van der Waals surface area contributed by atoms with Crippen LogP contribution in [0.25, 0.3) is 0 Å². The molecular weight excluding hydrogens is 340 g/mol. The molecule has 1 aromatic heterocycles. The van der Waals surface area contributed by atoms with Gasteiger partial charge in [-0.1, -0.05) is 56.8 Å². The second-order valence-electron chi connectivity index (χ2n) is 8.53. The van der Waals surface area contributed by atoms with Gasteiger partial charge in [-0.3, -0.25) is 4.90 Å². The molecule has 0 atom stereocenters. The molecule has 2 heterocycles. The average molecular weight is 373 g/mol. The van der Waals surface area contributed by atoms with Crippen LogP contribution in [0.4, 0.5) is 0 Å². The van der Waals surface area contributed by atoms with Crippen LogP contribution in [0.15, 0.2) is 29.4 Å². The summed E-state index contributed by atoms with van der Waals surface area (Å²) in [6.45, 7) is 10.2. The van der Waals surface area contributed by atoms with Gasteiger partial charge in [-0.25, -0.2) is 0 Å². The Bertz CT molecular complexity index is 707. The lowest BCUT2D eigenvalue weighted by molar-refractivity contribution is 0.175. The van der Waals surface area contributed by atoms with Crippen molar-refractivity contribution in [1.82, 2.24) is 19.7 Å². The van der Waals surface area contributed by atoms with Crippen molar-refractivity contribution in [3.8, 4) is 0 Å². The monoisotopic (exact) mass is 372 g/mol. The summed E-state index contributed by atoms with van der Waals surface area (Å²) >= 11 is 1.66. The van der Waals surface area contributed by atoms with Crippen molar-refractivity contribution >= 4 is 11.8 Å². The second-order valence-corrected chi connectivity index (χ2v) is 9.31. The lowest BCUT2D eigenvalue weighted by Gasteiger charge is -2.32. The topological polar surface area (TPSA) is 34.0 Å². The van der Waals surface area contributed by atoms with Crippen molar-refractivity contribution in [1.29, 1.82) is 0 Å². The number of rotatable bonds is 5. The highest BCUT2D eigenvalue weighted by molar-refractivity contribution is 7.98. The van der Waals surface area contributed by atoms with E-state index in [2.05, 4.69) is 78.0 Å². The number of aromatic nitrogens is 3. The van der Waals surface area contributed by atoms with E-state index in [1.165, 1.54) is 37.1 Å². The average Bonchev–Trinajstić information content (AvgIpc) is 2.96. The third-order valence-corrected chi connectivity index (χ3v) is 6.23. The Morgan fingerprint density at radius 2 is 1.73 bits per heavy atom. The zero-order valence-electron chi connectivity index (χ0n) is 16.8. The first-order chi connectivity index (χ1) is 12.4. The maximum Gasteiger partial charge on any atom is 0.190 e. The normalized spacial score (nSPS) is 17.0. The van der Waals surface area contributed by atoms with E-state index in [0.29, 0.717) is 0 Å². The molecule has 0 radical (unpaired) electrons. The highest BCUT2D eigenvalue weighted by atomic mass is 32.2. The largest absolute Gasteiger partial charge is 0.309 e. The Labute approximate surface area is 162 Å². The summed E-state index contributed by atoms with van der Waals surface area (Å²) in [4.78, 5) is 2.59. The Kier molecular flexibility index (Phi) is 6.08. The lowest BCUT2D eigenvalue weighted by Crippen LogP contribution is -2.34. The fourth-order valence-corrected chi connectivity index (χ4v) is 4.18. The van der Waals surface area contributed by atoms with Crippen LogP contribution in [0.1, 0.15) is 50.6 Å². The van der Waals surface area contributed by atoms with Gasteiger partial charge in [0.15, 0.2) is 5.16 Å². The Morgan fingerprint density at radius 1 is 1.08 bits per heavy atom. The summed E-state index contributed by atoms with van der Waals surface area (Å²) < 4.78 is 2.15. The lowest BCUT2D eigenvalue weighted by atomic mass is 9.86. The van der Waals surface area contributed by atoms with Crippen LogP contribution in [0.5, 0.6) is 0 Å². The van der Waals surface area contributed by atoms with Gasteiger partial charge in [-0.15, -0.1) is 10.2 Å². The minimum absolute atomic E-state index is 0.229. The highest BCUT2D eigenvalue weighted by Gasteiger charge is 2.22. The van der Waals surface area contributed by atoms with E-state index in [1.54, 1.807) is 11.8 Å². The Morgan fingerprint density at radius 3 is 2.27 bits per heavy atom. The molecule has 3 rings (SSSR count). The third-order valence-electron chi connectivity index (χ3n) is 5.51. The number of hydrogen-bond acceptors (Lipinski definition) is 4. The van der Waals surface area contributed by atoms with Crippen LogP contribution in [0, 0.1) is 5.92 Å². The van der Waals surface area contributed by atoms with Crippen LogP contribution in [0.3, 0.4) is 0 Å². The second kappa shape index (κ2) is 8.13. The van der Waals surface area contributed by atoms with Crippen molar-refractivity contribution in [2.75, 3.05) is 19.3 Å². The molecule has 0 spiro atoms. The molecule has 142 valence electrons. The minimum atomic E-state index is 0.229. The molecule has 2 aromatic rings. The fourth-order valence-electron chi connectivity index (χ4n) is 3.68. The molecule has 5 heteroatoms. The predicted octanol–water partition coefficient (Wildman–Crippen LogP) is 4.29. The molecule has 4 nitrogen and oxygen atoms in total. The molecule has 0 unspecified atom stereocenters. The zero-order chi connectivity index (χ0) is 18.7. The van der Waals surface area contributed by atoms with E-state index in [1.807, 2.05) is 0 Å². The van der Waals surface area contributed by atoms with Gasteiger partial charge in [0, 0.05) is 20.0 Å². The maximum atomic E-state index is 4.37. The van der Waals surface area contributed by atoms with Crippen molar-refractivity contribution in [2.24, 2.45) is 13.0 Å². The summed E-state index contributed by atoms with van der Waals surface area (Å²) in [5.41, 5.74) is 3.06. The van der Waals surface area contributed by atoms with Gasteiger partial charge in [0.25, 0.3) is 0 Å². The standard InChI is InChI=1S/C21H32N4S/c1-21(2,3)18-8-6-17(7-9-18)15-25-12-10-16(11-13-25)14-19-22-23-20(26-5)24(19)4/h6-9,16H,10-15H2,1-5H3. The van der Waals surface area contributed by atoms with Crippen LogP contribution in [-0.4, -0.2) is 39.0 Å². The number of nitrogens with zero attached hydrogens (tertiary/aromatic N) is 4. The molecule has 26 heavy (non-hydrogen) atoms. The van der Waals surface area contributed by atoms with Crippen LogP contribution < -0.4 is 0 Å². The number of thioether (sulfide) groups is 1. The number of hydrogen-bond donors (Lipinski definition) is 0. The molecular formula is C21H32N4S. The molecule has 0 aliphatic carbocycles. The van der Waals surface area contributed by atoms with Gasteiger partial charge < -0.3 is 4.57 Å². The number of likely N-dealkylation sites (tertiary alicyclic amines) is 1. The number of piperidine rings is 1. The summed E-state index contributed by atoms with van der Waals surface area (Å²) in [6, 6.07) is 9.19. The van der Waals surface area contributed by atoms with Crippen LogP contribution in [0.2, 0.25) is 0 Å².